The summed E-state index contributed by atoms with van der Waals surface area (Å²) in [5.41, 5.74) is 8.54. The highest BCUT2D eigenvalue weighted by Gasteiger charge is 2.30. The Morgan fingerprint density at radius 1 is 1.06 bits per heavy atom. The third kappa shape index (κ3) is 5.34. The largest absolute Gasteiger partial charge is 0.416 e. The van der Waals surface area contributed by atoms with Crippen molar-refractivity contribution >= 4 is 28.8 Å². The van der Waals surface area contributed by atoms with Gasteiger partial charge in [0.25, 0.3) is 5.91 Å². The van der Waals surface area contributed by atoms with E-state index < -0.39 is 17.6 Å². The fourth-order valence-electron chi connectivity index (χ4n) is 3.16. The molecule has 0 atom stereocenters. The van der Waals surface area contributed by atoms with Crippen LogP contribution < -0.4 is 16.1 Å². The van der Waals surface area contributed by atoms with Crippen LogP contribution in [0.15, 0.2) is 53.6 Å². The first-order chi connectivity index (χ1) is 15.2. The van der Waals surface area contributed by atoms with E-state index in [9.17, 15) is 18.0 Å². The number of hydrogen-bond acceptors (Lipinski definition) is 6. The average Bonchev–Trinajstić information content (AvgIpc) is 2.79. The zero-order valence-electron chi connectivity index (χ0n) is 16.9. The van der Waals surface area contributed by atoms with E-state index in [0.29, 0.717) is 43.1 Å². The van der Waals surface area contributed by atoms with Crippen LogP contribution in [0.5, 0.6) is 0 Å². The Morgan fingerprint density at radius 2 is 1.66 bits per heavy atom. The zero-order valence-corrected chi connectivity index (χ0v) is 16.9. The van der Waals surface area contributed by atoms with Crippen LogP contribution in [0.25, 0.3) is 0 Å². The minimum Gasteiger partial charge on any atom is -0.382 e. The van der Waals surface area contributed by atoms with Crippen molar-refractivity contribution in [2.45, 2.75) is 6.18 Å². The summed E-state index contributed by atoms with van der Waals surface area (Å²) in [6.07, 6.45) is -4.37. The summed E-state index contributed by atoms with van der Waals surface area (Å²) in [6, 6.07) is 13.2. The lowest BCUT2D eigenvalue weighted by Crippen LogP contribution is -2.48. The van der Waals surface area contributed by atoms with Crippen LogP contribution in [0.1, 0.15) is 15.9 Å². The number of rotatable bonds is 5. The molecule has 1 aliphatic heterocycles. The molecule has 4 N–H and O–H groups in total. The quantitative estimate of drug-likeness (QED) is 0.373. The normalized spacial score (nSPS) is 14.6. The Labute approximate surface area is 182 Å². The number of nitrogens with zero attached hydrogens (tertiary/aromatic N) is 4. The Bertz CT molecular complexity index is 1050. The van der Waals surface area contributed by atoms with E-state index >= 15 is 0 Å². The highest BCUT2D eigenvalue weighted by molar-refractivity contribution is 6.45. The summed E-state index contributed by atoms with van der Waals surface area (Å²) >= 11 is 0. The molecule has 3 rings (SSSR count). The number of halogens is 3. The molecule has 1 saturated heterocycles. The van der Waals surface area contributed by atoms with E-state index in [1.54, 1.807) is 35.2 Å². The number of anilines is 2. The number of benzene rings is 2. The number of piperazine rings is 1. The molecule has 11 heteroatoms. The summed E-state index contributed by atoms with van der Waals surface area (Å²) in [5, 5.41) is 19.8. The van der Waals surface area contributed by atoms with Crippen molar-refractivity contribution in [3.05, 3.63) is 59.7 Å². The van der Waals surface area contributed by atoms with Crippen molar-refractivity contribution in [2.24, 2.45) is 10.8 Å². The zero-order chi connectivity index (χ0) is 23.3. The molecule has 2 aromatic rings. The highest BCUT2D eigenvalue weighted by atomic mass is 19.4. The average molecular weight is 443 g/mol. The van der Waals surface area contributed by atoms with Gasteiger partial charge in [0.05, 0.1) is 11.3 Å². The van der Waals surface area contributed by atoms with E-state index in [4.69, 9.17) is 16.4 Å². The molecule has 1 fully saturated rings. The molecule has 32 heavy (non-hydrogen) atoms. The van der Waals surface area contributed by atoms with Crippen LogP contribution in [-0.4, -0.2) is 48.5 Å². The highest BCUT2D eigenvalue weighted by Crippen LogP contribution is 2.30. The maximum atomic E-state index is 12.8. The van der Waals surface area contributed by atoms with Gasteiger partial charge in [-0.2, -0.15) is 23.5 Å². The Kier molecular flexibility index (Phi) is 6.63. The number of hydrazone groups is 1. The first kappa shape index (κ1) is 22.6. The second kappa shape index (κ2) is 9.38. The van der Waals surface area contributed by atoms with Gasteiger partial charge in [-0.3, -0.25) is 15.6 Å². The van der Waals surface area contributed by atoms with Crippen LogP contribution in [0, 0.1) is 16.7 Å². The number of carbonyl (C=O) groups excluding carboxylic acids is 1. The molecule has 1 heterocycles. The second-order valence-corrected chi connectivity index (χ2v) is 7.00. The summed E-state index contributed by atoms with van der Waals surface area (Å²) in [7, 11) is 0. The fourth-order valence-corrected chi connectivity index (χ4v) is 3.16. The molecule has 0 bridgehead atoms. The Morgan fingerprint density at radius 3 is 2.16 bits per heavy atom. The van der Waals surface area contributed by atoms with Crippen LogP contribution in [0.4, 0.5) is 24.5 Å². The predicted octanol–water partition coefficient (Wildman–Crippen LogP) is 2.90. The smallest absolute Gasteiger partial charge is 0.382 e. The maximum absolute atomic E-state index is 12.8. The van der Waals surface area contributed by atoms with E-state index in [-0.39, 0.29) is 11.6 Å². The third-order valence-electron chi connectivity index (χ3n) is 4.92. The van der Waals surface area contributed by atoms with Crippen LogP contribution >= 0.6 is 0 Å². The first-order valence-electron chi connectivity index (χ1n) is 9.59. The Balaban J connectivity index is 1.57. The predicted molar refractivity (Wildman–Crippen MR) is 115 cm³/mol. The molecule has 0 radical (unpaired) electrons. The van der Waals surface area contributed by atoms with Crippen molar-refractivity contribution in [1.82, 2.24) is 4.90 Å². The number of nitrogens with two attached hydrogens (primary N) is 1. The van der Waals surface area contributed by atoms with Crippen molar-refractivity contribution in [1.29, 1.82) is 10.7 Å². The molecule has 0 spiro atoms. The minimum atomic E-state index is -4.37. The van der Waals surface area contributed by atoms with Crippen molar-refractivity contribution in [3.8, 4) is 6.07 Å². The van der Waals surface area contributed by atoms with Crippen molar-refractivity contribution < 1.29 is 18.0 Å². The van der Waals surface area contributed by atoms with Gasteiger partial charge in [-0.05, 0) is 48.5 Å². The summed E-state index contributed by atoms with van der Waals surface area (Å²) in [6.45, 7) is 1.89. The maximum Gasteiger partial charge on any atom is 0.416 e. The van der Waals surface area contributed by atoms with Gasteiger partial charge in [0, 0.05) is 37.4 Å². The van der Waals surface area contributed by atoms with E-state index in [0.717, 1.165) is 12.1 Å². The molecule has 0 aliphatic carbocycles. The molecule has 0 unspecified atom stereocenters. The molecule has 0 aromatic heterocycles. The molecule has 2 aromatic carbocycles. The van der Waals surface area contributed by atoms with Crippen LogP contribution in [0.2, 0.25) is 0 Å². The number of nitrogens with one attached hydrogen (secondary N) is 2. The molecule has 1 aliphatic rings. The lowest BCUT2D eigenvalue weighted by atomic mass is 10.1. The molecule has 0 saturated carbocycles. The van der Waals surface area contributed by atoms with Gasteiger partial charge in [0.2, 0.25) is 5.71 Å². The number of amidine groups is 1. The van der Waals surface area contributed by atoms with Gasteiger partial charge in [-0.25, -0.2) is 0 Å². The molecule has 166 valence electrons. The number of alkyl halides is 3. The van der Waals surface area contributed by atoms with Crippen molar-refractivity contribution in [3.63, 3.8) is 0 Å². The van der Waals surface area contributed by atoms with E-state index in [2.05, 4.69) is 10.5 Å². The van der Waals surface area contributed by atoms with Gasteiger partial charge in [0.1, 0.15) is 6.07 Å². The van der Waals surface area contributed by atoms with Crippen molar-refractivity contribution in [2.75, 3.05) is 36.5 Å². The van der Waals surface area contributed by atoms with Gasteiger partial charge in [-0.15, -0.1) is 0 Å². The lowest BCUT2D eigenvalue weighted by Gasteiger charge is -2.36. The molecular weight excluding hydrogens is 423 g/mol. The molecule has 1 amide bonds. The molecular formula is C21H20F3N7O. The fraction of sp³-hybridized carbons (Fsp3) is 0.238. The first-order valence-corrected chi connectivity index (χ1v) is 9.59. The van der Waals surface area contributed by atoms with Gasteiger partial charge >= 0.3 is 6.18 Å². The summed E-state index contributed by atoms with van der Waals surface area (Å²) in [4.78, 5) is 16.4. The van der Waals surface area contributed by atoms with Gasteiger partial charge < -0.3 is 15.5 Å². The summed E-state index contributed by atoms with van der Waals surface area (Å²) < 4.78 is 38.2. The van der Waals surface area contributed by atoms with Gasteiger partial charge in [0.15, 0.2) is 5.84 Å². The molecule has 8 nitrogen and oxygen atoms in total. The lowest BCUT2D eigenvalue weighted by molar-refractivity contribution is -0.137. The minimum absolute atomic E-state index is 0.159. The van der Waals surface area contributed by atoms with Crippen LogP contribution in [-0.2, 0) is 6.18 Å². The topological polar surface area (TPSA) is 122 Å². The third-order valence-corrected chi connectivity index (χ3v) is 4.92. The van der Waals surface area contributed by atoms with E-state index in [1.807, 2.05) is 4.90 Å². The van der Waals surface area contributed by atoms with Gasteiger partial charge in [-0.1, -0.05) is 0 Å². The SMILES string of the molecule is N#C/C(=N\Nc1ccc(C(=O)N2CCN(c3ccc(C(F)(F)F)cc3)CC2)cc1)C(=N)N. The van der Waals surface area contributed by atoms with Crippen LogP contribution in [0.3, 0.4) is 0 Å². The summed E-state index contributed by atoms with van der Waals surface area (Å²) in [5.74, 6) is -0.615. The second-order valence-electron chi connectivity index (χ2n) is 7.00. The number of carbonyl (C=O) groups is 1. The number of hydrogen-bond donors (Lipinski definition) is 3. The standard InChI is InChI=1S/C21H20F3N7O/c22-21(23,24)15-3-7-17(8-4-15)30-9-11-31(12-10-30)20(32)14-1-5-16(6-2-14)28-29-18(13-25)19(26)27/h1-8,28H,9-12H2,(H3,26,27)/b29-18+. The number of amides is 1. The van der Waals surface area contributed by atoms with E-state index in [1.165, 1.54) is 12.1 Å². The monoisotopic (exact) mass is 443 g/mol. The number of nitriles is 1. The Hall–Kier alpha value is -4.07.